The summed E-state index contributed by atoms with van der Waals surface area (Å²) in [4.78, 5) is 0. The fourth-order valence-corrected chi connectivity index (χ4v) is 4.18. The van der Waals surface area contributed by atoms with E-state index in [9.17, 15) is 5.11 Å². The molecule has 6 atom stereocenters. The van der Waals surface area contributed by atoms with Crippen molar-refractivity contribution in [2.24, 2.45) is 0 Å². The molecule has 33 heavy (non-hydrogen) atoms. The van der Waals surface area contributed by atoms with Gasteiger partial charge in [-0.05, 0) is 5.56 Å². The second kappa shape index (κ2) is 10.6. The van der Waals surface area contributed by atoms with Gasteiger partial charge in [0.1, 0.15) is 24.4 Å². The molecule has 0 aliphatic carbocycles. The average Bonchev–Trinajstić information content (AvgIpc) is 2.89. The molecule has 2 aliphatic rings. The summed E-state index contributed by atoms with van der Waals surface area (Å²) in [6.07, 6.45) is -3.61. The highest BCUT2D eigenvalue weighted by atomic mass is 16.7. The fraction of sp³-hybridized carbons (Fsp3) is 0.333. The van der Waals surface area contributed by atoms with Crippen LogP contribution >= 0.6 is 0 Å². The minimum atomic E-state index is -0.854. The van der Waals surface area contributed by atoms with Crippen molar-refractivity contribution in [3.05, 3.63) is 108 Å². The zero-order valence-corrected chi connectivity index (χ0v) is 18.2. The molecule has 172 valence electrons. The number of rotatable bonds is 6. The van der Waals surface area contributed by atoms with Crippen LogP contribution in [0.3, 0.4) is 0 Å². The SMILES string of the molecule is O[C@@H]1COC(c2ccccc2)O[C@H]1[C@@H]1OC(c2ccccc2)OC[C@H]1OCc1ccccc1. The Morgan fingerprint density at radius 2 is 1.18 bits per heavy atom. The van der Waals surface area contributed by atoms with E-state index in [1.807, 2.05) is 91.0 Å². The van der Waals surface area contributed by atoms with Crippen LogP contribution in [0.4, 0.5) is 0 Å². The molecule has 0 amide bonds. The smallest absolute Gasteiger partial charge is 0.184 e. The molecule has 2 saturated heterocycles. The molecule has 0 radical (unpaired) electrons. The van der Waals surface area contributed by atoms with Crippen molar-refractivity contribution in [1.82, 2.24) is 0 Å². The summed E-state index contributed by atoms with van der Waals surface area (Å²) >= 11 is 0. The molecule has 2 unspecified atom stereocenters. The van der Waals surface area contributed by atoms with Crippen molar-refractivity contribution in [3.63, 3.8) is 0 Å². The van der Waals surface area contributed by atoms with Gasteiger partial charge in [0.05, 0.1) is 19.8 Å². The van der Waals surface area contributed by atoms with Crippen molar-refractivity contribution < 1.29 is 28.8 Å². The monoisotopic (exact) mass is 448 g/mol. The highest BCUT2D eigenvalue weighted by Crippen LogP contribution is 2.35. The van der Waals surface area contributed by atoms with Gasteiger partial charge in [-0.15, -0.1) is 0 Å². The Labute approximate surface area is 193 Å². The van der Waals surface area contributed by atoms with Gasteiger partial charge in [0.15, 0.2) is 12.6 Å². The van der Waals surface area contributed by atoms with Gasteiger partial charge in [0.25, 0.3) is 0 Å². The summed E-state index contributed by atoms with van der Waals surface area (Å²) < 4.78 is 30.7. The van der Waals surface area contributed by atoms with Crippen LogP contribution in [0.2, 0.25) is 0 Å². The van der Waals surface area contributed by atoms with Crippen molar-refractivity contribution >= 4 is 0 Å². The number of ether oxygens (including phenoxy) is 5. The minimum absolute atomic E-state index is 0.145. The standard InChI is InChI=1S/C27H28O6/c28-22-17-30-26(20-12-6-2-7-13-20)32-24(22)25-23(29-16-19-10-4-1-5-11-19)18-31-27(33-25)21-14-8-3-9-15-21/h1-15,22-28H,16-18H2/t22-,23-,24-,25-,26?,27?/m1/s1. The van der Waals surface area contributed by atoms with Crippen LogP contribution < -0.4 is 0 Å². The lowest BCUT2D eigenvalue weighted by atomic mass is 10.00. The Hall–Kier alpha value is -2.58. The first-order chi connectivity index (χ1) is 16.3. The van der Waals surface area contributed by atoms with Gasteiger partial charge >= 0.3 is 0 Å². The van der Waals surface area contributed by atoms with E-state index in [0.29, 0.717) is 13.2 Å². The van der Waals surface area contributed by atoms with Crippen LogP contribution in [-0.4, -0.2) is 42.7 Å². The number of aliphatic hydroxyl groups excluding tert-OH is 1. The first-order valence-electron chi connectivity index (χ1n) is 11.3. The second-order valence-electron chi connectivity index (χ2n) is 8.26. The molecule has 1 N–H and O–H groups in total. The molecule has 0 aromatic heterocycles. The van der Waals surface area contributed by atoms with Crippen LogP contribution in [0.25, 0.3) is 0 Å². The number of benzene rings is 3. The van der Waals surface area contributed by atoms with E-state index in [2.05, 4.69) is 0 Å². The lowest BCUT2D eigenvalue weighted by molar-refractivity contribution is -0.336. The van der Waals surface area contributed by atoms with Crippen LogP contribution in [0.1, 0.15) is 29.3 Å². The third-order valence-electron chi connectivity index (χ3n) is 5.91. The molecule has 2 fully saturated rings. The third-order valence-corrected chi connectivity index (χ3v) is 5.91. The van der Waals surface area contributed by atoms with E-state index in [1.165, 1.54) is 0 Å². The largest absolute Gasteiger partial charge is 0.388 e. The van der Waals surface area contributed by atoms with E-state index >= 15 is 0 Å². The number of hydrogen-bond donors (Lipinski definition) is 1. The summed E-state index contributed by atoms with van der Waals surface area (Å²) in [5, 5.41) is 10.8. The van der Waals surface area contributed by atoms with Gasteiger partial charge in [-0.2, -0.15) is 0 Å². The first kappa shape index (κ1) is 22.2. The minimum Gasteiger partial charge on any atom is -0.388 e. The van der Waals surface area contributed by atoms with Crippen molar-refractivity contribution in [2.45, 2.75) is 43.6 Å². The normalized spacial score (nSPS) is 30.1. The maximum absolute atomic E-state index is 10.8. The highest BCUT2D eigenvalue weighted by Gasteiger charge is 2.45. The topological polar surface area (TPSA) is 66.4 Å². The summed E-state index contributed by atoms with van der Waals surface area (Å²) in [7, 11) is 0. The van der Waals surface area contributed by atoms with Crippen LogP contribution in [-0.2, 0) is 30.3 Å². The Bertz CT molecular complexity index is 983. The van der Waals surface area contributed by atoms with Crippen LogP contribution in [0.15, 0.2) is 91.0 Å². The van der Waals surface area contributed by atoms with Gasteiger partial charge in [-0.25, -0.2) is 0 Å². The third kappa shape index (κ3) is 5.33. The molecule has 0 bridgehead atoms. The zero-order chi connectivity index (χ0) is 22.5. The highest BCUT2D eigenvalue weighted by molar-refractivity contribution is 5.18. The molecular weight excluding hydrogens is 420 g/mol. The van der Waals surface area contributed by atoms with Gasteiger partial charge in [-0.1, -0.05) is 91.0 Å². The molecule has 5 rings (SSSR count). The Morgan fingerprint density at radius 3 is 1.79 bits per heavy atom. The summed E-state index contributed by atoms with van der Waals surface area (Å²) in [6.45, 7) is 0.874. The van der Waals surface area contributed by atoms with Crippen molar-refractivity contribution in [1.29, 1.82) is 0 Å². The number of hydrogen-bond acceptors (Lipinski definition) is 6. The Kier molecular flexibility index (Phi) is 7.12. The summed E-state index contributed by atoms with van der Waals surface area (Å²) in [5.74, 6) is 0. The first-order valence-corrected chi connectivity index (χ1v) is 11.3. The van der Waals surface area contributed by atoms with Crippen molar-refractivity contribution in [2.75, 3.05) is 13.2 Å². The number of aliphatic hydroxyl groups is 1. The molecule has 3 aromatic rings. The van der Waals surface area contributed by atoms with Gasteiger partial charge in [-0.3, -0.25) is 0 Å². The molecule has 6 nitrogen and oxygen atoms in total. The van der Waals surface area contributed by atoms with Crippen LogP contribution in [0, 0.1) is 0 Å². The molecule has 0 saturated carbocycles. The molecule has 2 aliphatic heterocycles. The maximum atomic E-state index is 10.8. The van der Waals surface area contributed by atoms with Crippen LogP contribution in [0.5, 0.6) is 0 Å². The summed E-state index contributed by atoms with van der Waals surface area (Å²) in [6, 6.07) is 29.4. The Morgan fingerprint density at radius 1 is 0.667 bits per heavy atom. The van der Waals surface area contributed by atoms with Gasteiger partial charge in [0.2, 0.25) is 0 Å². The molecule has 0 spiro atoms. The Balaban J connectivity index is 1.36. The van der Waals surface area contributed by atoms with Crippen molar-refractivity contribution in [3.8, 4) is 0 Å². The fourth-order valence-electron chi connectivity index (χ4n) is 4.18. The lowest BCUT2D eigenvalue weighted by Gasteiger charge is -2.44. The van der Waals surface area contributed by atoms with Gasteiger partial charge < -0.3 is 28.8 Å². The van der Waals surface area contributed by atoms with E-state index in [1.54, 1.807) is 0 Å². The zero-order valence-electron chi connectivity index (χ0n) is 18.2. The van der Waals surface area contributed by atoms with E-state index in [0.717, 1.165) is 16.7 Å². The molecular formula is C27H28O6. The lowest BCUT2D eigenvalue weighted by Crippen LogP contribution is -2.56. The maximum Gasteiger partial charge on any atom is 0.184 e. The predicted octanol–water partition coefficient (Wildman–Crippen LogP) is 4.16. The quantitative estimate of drug-likeness (QED) is 0.611. The van der Waals surface area contributed by atoms with E-state index in [4.69, 9.17) is 23.7 Å². The molecule has 3 aromatic carbocycles. The second-order valence-corrected chi connectivity index (χ2v) is 8.26. The van der Waals surface area contributed by atoms with E-state index in [-0.39, 0.29) is 6.61 Å². The van der Waals surface area contributed by atoms with E-state index < -0.39 is 37.0 Å². The predicted molar refractivity (Wildman–Crippen MR) is 121 cm³/mol. The average molecular weight is 449 g/mol. The van der Waals surface area contributed by atoms with Gasteiger partial charge in [0, 0.05) is 11.1 Å². The summed E-state index contributed by atoms with van der Waals surface area (Å²) in [5.41, 5.74) is 2.85. The molecule has 2 heterocycles. The molecule has 6 heteroatoms.